The largest absolute Gasteiger partial charge is 0.198 e. The average Bonchev–Trinajstić information content (AvgIpc) is 1.86. The van der Waals surface area contributed by atoms with Gasteiger partial charge < -0.3 is 0 Å². The van der Waals surface area contributed by atoms with Crippen molar-refractivity contribution in [1.82, 2.24) is 15.4 Å². The van der Waals surface area contributed by atoms with Gasteiger partial charge in [0.2, 0.25) is 0 Å². The van der Waals surface area contributed by atoms with Crippen LogP contribution in [0.15, 0.2) is 6.20 Å². The Morgan fingerprint density at radius 3 is 2.57 bits per heavy atom. The van der Waals surface area contributed by atoms with Gasteiger partial charge in [0.05, 0.1) is 11.9 Å². The van der Waals surface area contributed by atoms with Crippen LogP contribution >= 0.6 is 0 Å². The molecule has 4 heteroatoms. The molecule has 43 valence electrons. The van der Waals surface area contributed by atoms with Gasteiger partial charge in [0.1, 0.15) is 0 Å². The zero-order valence-corrected chi connectivity index (χ0v) is 4.71. The van der Waals surface area contributed by atoms with E-state index in [2.05, 4.69) is 15.4 Å². The number of H-pyrrole nitrogens is 1. The summed E-state index contributed by atoms with van der Waals surface area (Å²) in [5, 5.41) is 9.70. The van der Waals surface area contributed by atoms with Crippen molar-refractivity contribution in [2.75, 3.05) is 0 Å². The molecule has 0 aliphatic carbocycles. The number of aromatic nitrogens is 3. The zero-order chi connectivity index (χ0) is 4.41. The van der Waals surface area contributed by atoms with E-state index < -0.39 is 0 Å². The summed E-state index contributed by atoms with van der Waals surface area (Å²) in [4.78, 5) is 0. The summed E-state index contributed by atoms with van der Waals surface area (Å²) < 4.78 is 0. The minimum Gasteiger partial charge on any atom is -0.198 e. The maximum Gasteiger partial charge on any atom is 0.0793 e. The van der Waals surface area contributed by atoms with Crippen molar-refractivity contribution in [2.45, 2.75) is 6.92 Å². The van der Waals surface area contributed by atoms with E-state index >= 15 is 0 Å². The monoisotopic (exact) mass is 146 g/mol. The summed E-state index contributed by atoms with van der Waals surface area (Å²) in [5.74, 6) is 0. The third-order valence-corrected chi connectivity index (χ3v) is 0.535. The first-order valence-electron chi connectivity index (χ1n) is 1.72. The molecular weight excluding hydrogens is 142 g/mol. The van der Waals surface area contributed by atoms with Gasteiger partial charge in [-0.15, -0.1) is 0 Å². The Hall–Kier alpha value is -0.341. The SMILES string of the molecule is Cc1cn[nH]n1.[Cu]. The van der Waals surface area contributed by atoms with Crippen LogP contribution in [0.2, 0.25) is 0 Å². The molecule has 1 rings (SSSR count). The fourth-order valence-corrected chi connectivity index (χ4v) is 0.259. The van der Waals surface area contributed by atoms with E-state index in [1.807, 2.05) is 6.92 Å². The topological polar surface area (TPSA) is 41.6 Å². The second-order valence-electron chi connectivity index (χ2n) is 1.11. The van der Waals surface area contributed by atoms with Gasteiger partial charge in [-0.2, -0.15) is 15.4 Å². The number of aryl methyl sites for hydroxylation is 1. The zero-order valence-electron chi connectivity index (χ0n) is 3.77. The Morgan fingerprint density at radius 1 is 1.71 bits per heavy atom. The van der Waals surface area contributed by atoms with E-state index in [0.29, 0.717) is 0 Å². The molecule has 1 N–H and O–H groups in total. The summed E-state index contributed by atoms with van der Waals surface area (Å²) >= 11 is 0. The molecule has 3 nitrogen and oxygen atoms in total. The Labute approximate surface area is 52.0 Å². The van der Waals surface area contributed by atoms with E-state index in [-0.39, 0.29) is 17.1 Å². The van der Waals surface area contributed by atoms with Crippen LogP contribution in [-0.4, -0.2) is 15.4 Å². The van der Waals surface area contributed by atoms with Crippen molar-refractivity contribution < 1.29 is 17.1 Å². The van der Waals surface area contributed by atoms with Crippen molar-refractivity contribution >= 4 is 0 Å². The first-order chi connectivity index (χ1) is 2.89. The van der Waals surface area contributed by atoms with Gasteiger partial charge in [-0.1, -0.05) is 0 Å². The molecule has 0 aliphatic heterocycles. The molecule has 0 saturated heterocycles. The van der Waals surface area contributed by atoms with Crippen LogP contribution in [0, 0.1) is 6.92 Å². The van der Waals surface area contributed by atoms with Gasteiger partial charge in [0.15, 0.2) is 0 Å². The second-order valence-corrected chi connectivity index (χ2v) is 1.11. The number of rotatable bonds is 0. The van der Waals surface area contributed by atoms with E-state index in [0.717, 1.165) is 5.69 Å². The molecule has 1 heterocycles. The van der Waals surface area contributed by atoms with Crippen LogP contribution in [0.1, 0.15) is 5.69 Å². The predicted octanol–water partition coefficient (Wildman–Crippen LogP) is 0.111. The molecule has 0 amide bonds. The number of nitrogens with one attached hydrogen (secondary N) is 1. The summed E-state index contributed by atoms with van der Waals surface area (Å²) in [6.45, 7) is 1.88. The molecule has 0 spiro atoms. The minimum absolute atomic E-state index is 0. The summed E-state index contributed by atoms with van der Waals surface area (Å²) in [6, 6.07) is 0. The molecule has 1 radical (unpaired) electrons. The maximum atomic E-state index is 3.68. The molecule has 0 aliphatic rings. The molecule has 7 heavy (non-hydrogen) atoms. The van der Waals surface area contributed by atoms with Gasteiger partial charge in [0.25, 0.3) is 0 Å². The summed E-state index contributed by atoms with van der Waals surface area (Å²) in [6.07, 6.45) is 1.67. The molecule has 1 aromatic heterocycles. The van der Waals surface area contributed by atoms with Crippen LogP contribution in [0.3, 0.4) is 0 Å². The second kappa shape index (κ2) is 2.77. The standard InChI is InChI=1S/C3H5N3.Cu/c1-3-2-4-6-5-3;/h2H,1H3,(H,4,5,6);. The normalized spacial score (nSPS) is 7.57. The Morgan fingerprint density at radius 2 is 2.43 bits per heavy atom. The van der Waals surface area contributed by atoms with Crippen LogP contribution in [-0.2, 0) is 17.1 Å². The van der Waals surface area contributed by atoms with Crippen molar-refractivity contribution in [3.05, 3.63) is 11.9 Å². The number of aromatic amines is 1. The molecule has 1 aromatic rings. The van der Waals surface area contributed by atoms with Crippen LogP contribution in [0.25, 0.3) is 0 Å². The van der Waals surface area contributed by atoms with E-state index in [4.69, 9.17) is 0 Å². The molecule has 0 aromatic carbocycles. The van der Waals surface area contributed by atoms with Gasteiger partial charge in [-0.05, 0) is 6.92 Å². The smallest absolute Gasteiger partial charge is 0.0793 e. The fourth-order valence-electron chi connectivity index (χ4n) is 0.259. The van der Waals surface area contributed by atoms with Crippen molar-refractivity contribution in [3.63, 3.8) is 0 Å². The maximum absolute atomic E-state index is 3.68. The van der Waals surface area contributed by atoms with E-state index in [1.54, 1.807) is 6.20 Å². The Kier molecular flexibility index (Phi) is 2.64. The van der Waals surface area contributed by atoms with E-state index in [1.165, 1.54) is 0 Å². The molecule has 0 atom stereocenters. The molecule has 0 bridgehead atoms. The Balaban J connectivity index is 0.000000360. The summed E-state index contributed by atoms with van der Waals surface area (Å²) in [7, 11) is 0. The number of nitrogens with zero attached hydrogens (tertiary/aromatic N) is 2. The van der Waals surface area contributed by atoms with Gasteiger partial charge in [-0.3, -0.25) is 0 Å². The van der Waals surface area contributed by atoms with Crippen molar-refractivity contribution in [1.29, 1.82) is 0 Å². The van der Waals surface area contributed by atoms with Gasteiger partial charge in [0, 0.05) is 17.1 Å². The third kappa shape index (κ3) is 1.71. The van der Waals surface area contributed by atoms with Crippen LogP contribution in [0.4, 0.5) is 0 Å². The molecule has 0 fully saturated rings. The first-order valence-corrected chi connectivity index (χ1v) is 1.72. The number of hydrogen-bond acceptors (Lipinski definition) is 2. The summed E-state index contributed by atoms with van der Waals surface area (Å²) in [5.41, 5.74) is 0.926. The minimum atomic E-state index is 0. The Bertz CT molecular complexity index is 114. The van der Waals surface area contributed by atoms with E-state index in [9.17, 15) is 0 Å². The molecule has 0 unspecified atom stereocenters. The first kappa shape index (κ1) is 6.66. The fraction of sp³-hybridized carbons (Fsp3) is 0.333. The number of hydrogen-bond donors (Lipinski definition) is 1. The van der Waals surface area contributed by atoms with Crippen LogP contribution in [0.5, 0.6) is 0 Å². The molecule has 0 saturated carbocycles. The van der Waals surface area contributed by atoms with Gasteiger partial charge >= 0.3 is 0 Å². The van der Waals surface area contributed by atoms with Crippen molar-refractivity contribution in [3.8, 4) is 0 Å². The van der Waals surface area contributed by atoms with Gasteiger partial charge in [-0.25, -0.2) is 0 Å². The van der Waals surface area contributed by atoms with Crippen molar-refractivity contribution in [2.24, 2.45) is 0 Å². The quantitative estimate of drug-likeness (QED) is 0.528. The predicted molar refractivity (Wildman–Crippen MR) is 21.1 cm³/mol. The average molecular weight is 147 g/mol. The van der Waals surface area contributed by atoms with Crippen LogP contribution < -0.4 is 0 Å². The molecular formula is C3H5CuN3. The third-order valence-electron chi connectivity index (χ3n) is 0.535.